The molecule has 1 atom stereocenters. The molecule has 0 amide bonds. The molecule has 0 bridgehead atoms. The van der Waals surface area contributed by atoms with E-state index in [-0.39, 0.29) is 6.61 Å². The van der Waals surface area contributed by atoms with Crippen LogP contribution in [-0.2, 0) is 14.3 Å². The number of ether oxygens (including phenoxy) is 1. The summed E-state index contributed by atoms with van der Waals surface area (Å²) in [5.41, 5.74) is 5.10. The van der Waals surface area contributed by atoms with Crippen LogP contribution in [0, 0.1) is 0 Å². The Morgan fingerprint density at radius 3 is 2.82 bits per heavy atom. The van der Waals surface area contributed by atoms with Gasteiger partial charge < -0.3 is 20.7 Å². The van der Waals surface area contributed by atoms with Crippen molar-refractivity contribution in [1.29, 1.82) is 1.43 Å². The standard InChI is InChI=1S/C5H9NO5/c6-3(5(9)10)1-11-2-4(7)8/h3H,1-2,6H2,(H,7,8)(H,9,10)/t3-/m0/s1/i/hD. The second kappa shape index (κ2) is 4.64. The van der Waals surface area contributed by atoms with E-state index in [0.717, 1.165) is 0 Å². The first-order valence-corrected chi connectivity index (χ1v) is 2.80. The largest absolute Gasteiger partial charge is 0.480 e. The number of carboxylic acids is 2. The van der Waals surface area contributed by atoms with Gasteiger partial charge in [-0.05, 0) is 0 Å². The minimum atomic E-state index is -1.15. The number of nitrogens with two attached hydrogens (primary N) is 1. The van der Waals surface area contributed by atoms with Gasteiger partial charge in [0.05, 0.1) is 6.61 Å². The van der Waals surface area contributed by atoms with Crippen LogP contribution in [0.25, 0.3) is 1.43 Å². The van der Waals surface area contributed by atoms with Crippen molar-refractivity contribution in [2.45, 2.75) is 6.04 Å². The van der Waals surface area contributed by atoms with E-state index in [0.29, 0.717) is 0 Å². The van der Waals surface area contributed by atoms with Gasteiger partial charge in [0.1, 0.15) is 12.6 Å². The first-order valence-electron chi connectivity index (χ1n) is 3.21. The third kappa shape index (κ3) is 5.31. The summed E-state index contributed by atoms with van der Waals surface area (Å²) < 4.78 is 10.6. The molecule has 0 unspecified atom stereocenters. The number of carbonyl (C=O) groups is 2. The van der Waals surface area contributed by atoms with Gasteiger partial charge in [0.15, 0.2) is 0 Å². The highest BCUT2D eigenvalue weighted by Crippen LogP contribution is 1.81. The fourth-order valence-corrected chi connectivity index (χ4v) is 0.341. The Hall–Kier alpha value is -1.14. The van der Waals surface area contributed by atoms with Crippen LogP contribution in [0.5, 0.6) is 0 Å². The van der Waals surface area contributed by atoms with Crippen LogP contribution in [0.4, 0.5) is 0 Å². The maximum atomic E-state index is 10.4. The molecule has 0 saturated heterocycles. The average molecular weight is 164 g/mol. The van der Waals surface area contributed by atoms with Gasteiger partial charge in [-0.25, -0.2) is 4.79 Å². The Labute approximate surface area is 64.1 Å². The van der Waals surface area contributed by atoms with Gasteiger partial charge in [0.2, 0.25) is 0 Å². The van der Waals surface area contributed by atoms with Crippen molar-refractivity contribution in [3.63, 3.8) is 0 Å². The van der Waals surface area contributed by atoms with E-state index in [1.165, 1.54) is 0 Å². The predicted octanol–water partition coefficient (Wildman–Crippen LogP) is -1.50. The van der Waals surface area contributed by atoms with Crippen molar-refractivity contribution in [1.82, 2.24) is 0 Å². The molecule has 0 aromatic rings. The zero-order chi connectivity index (χ0) is 9.56. The topological polar surface area (TPSA) is 110 Å². The van der Waals surface area contributed by atoms with Crippen LogP contribution in [0.15, 0.2) is 0 Å². The molecule has 11 heavy (non-hydrogen) atoms. The van der Waals surface area contributed by atoms with Crippen LogP contribution < -0.4 is 5.73 Å². The number of aliphatic carboxylic acids is 2. The molecule has 4 N–H and O–H groups in total. The van der Waals surface area contributed by atoms with Crippen LogP contribution in [0.2, 0.25) is 0 Å². The number of hydrogen-bond donors (Lipinski definition) is 3. The Morgan fingerprint density at radius 2 is 2.36 bits per heavy atom. The lowest BCUT2D eigenvalue weighted by Crippen LogP contribution is -2.35. The molecule has 0 heterocycles. The summed E-state index contributed by atoms with van der Waals surface area (Å²) >= 11 is 0. The van der Waals surface area contributed by atoms with Crippen LogP contribution in [0.3, 0.4) is 0 Å². The third-order valence-corrected chi connectivity index (χ3v) is 0.826. The average Bonchev–Trinajstić information content (AvgIpc) is 2.02. The van der Waals surface area contributed by atoms with E-state index in [4.69, 9.17) is 12.3 Å². The summed E-state index contributed by atoms with van der Waals surface area (Å²) in [6.45, 7) is -0.803. The van der Waals surface area contributed by atoms with Gasteiger partial charge >= 0.3 is 11.9 Å². The summed E-state index contributed by atoms with van der Waals surface area (Å²) in [7, 11) is 0. The number of carboxylic acid groups (broad SMARTS) is 2. The first-order chi connectivity index (χ1) is 5.57. The van der Waals surface area contributed by atoms with Crippen LogP contribution in [-0.4, -0.2) is 41.4 Å². The van der Waals surface area contributed by atoms with Gasteiger partial charge in [-0.1, -0.05) is 0 Å². The zero-order valence-corrected chi connectivity index (χ0v) is 5.65. The fraction of sp³-hybridized carbons (Fsp3) is 0.600. The Kier molecular flexibility index (Phi) is 3.36. The molecule has 0 aliphatic carbocycles. The van der Waals surface area contributed by atoms with E-state index < -0.39 is 24.6 Å². The molecule has 0 spiro atoms. The molecule has 6 nitrogen and oxygen atoms in total. The summed E-state index contributed by atoms with van der Waals surface area (Å²) in [6, 6.07) is -1.11. The van der Waals surface area contributed by atoms with E-state index in [1.807, 2.05) is 0 Å². The zero-order valence-electron chi connectivity index (χ0n) is 6.65. The smallest absolute Gasteiger partial charge is 0.329 e. The lowest BCUT2D eigenvalue weighted by atomic mass is 10.3. The maximum Gasteiger partial charge on any atom is 0.329 e. The molecule has 0 fully saturated rings. The Morgan fingerprint density at radius 1 is 1.73 bits per heavy atom. The second-order valence-corrected chi connectivity index (χ2v) is 1.83. The highest BCUT2D eigenvalue weighted by atomic mass is 16.5. The second-order valence-electron chi connectivity index (χ2n) is 1.83. The van der Waals surface area contributed by atoms with E-state index in [1.54, 1.807) is 0 Å². The van der Waals surface area contributed by atoms with Crippen molar-refractivity contribution < 1.29 is 24.5 Å². The maximum absolute atomic E-state index is 10.4. The molecule has 6 heteroatoms. The Balaban J connectivity index is 3.50. The highest BCUT2D eigenvalue weighted by molar-refractivity contribution is 5.73. The van der Waals surface area contributed by atoms with Crippen molar-refractivity contribution in [3.05, 3.63) is 0 Å². The lowest BCUT2D eigenvalue weighted by molar-refractivity contribution is -0.146. The van der Waals surface area contributed by atoms with Gasteiger partial charge in [0.25, 0.3) is 1.43 Å². The van der Waals surface area contributed by atoms with Crippen molar-refractivity contribution in [2.75, 3.05) is 13.2 Å². The number of hydrogen-bond acceptors (Lipinski definition) is 5. The molecule has 0 rings (SSSR count). The van der Waals surface area contributed by atoms with E-state index in [9.17, 15) is 9.59 Å². The third-order valence-electron chi connectivity index (χ3n) is 0.826. The van der Waals surface area contributed by atoms with Gasteiger partial charge in [-0.2, -0.15) is 0 Å². The minimum Gasteiger partial charge on any atom is -0.480 e. The normalized spacial score (nSPS) is 13.4. The van der Waals surface area contributed by atoms with Gasteiger partial charge in [0, 0.05) is 0 Å². The highest BCUT2D eigenvalue weighted by Gasteiger charge is 2.11. The minimum absolute atomic E-state index is 0.274. The summed E-state index contributed by atoms with van der Waals surface area (Å²) in [5, 5.41) is 11.6. The molecular formula is C5H9NO5. The van der Waals surface area contributed by atoms with Gasteiger partial charge in [-0.3, -0.25) is 4.79 Å². The lowest BCUT2D eigenvalue weighted by Gasteiger charge is -2.04. The quantitative estimate of drug-likeness (QED) is 0.456. The molecule has 0 aromatic heterocycles. The molecular weight excluding hydrogens is 154 g/mol. The monoisotopic (exact) mass is 164 g/mol. The van der Waals surface area contributed by atoms with E-state index >= 15 is 0 Å². The molecule has 0 radical (unpaired) electrons. The summed E-state index contributed by atoms with van der Waals surface area (Å²) in [4.78, 5) is 20.3. The van der Waals surface area contributed by atoms with Crippen molar-refractivity contribution >= 4 is 11.9 Å². The van der Waals surface area contributed by atoms with Crippen molar-refractivity contribution in [2.24, 2.45) is 5.73 Å². The number of rotatable bonds is 5. The molecule has 0 saturated carbocycles. The molecule has 0 aliphatic rings. The van der Waals surface area contributed by atoms with Crippen LogP contribution in [0.1, 0.15) is 0 Å². The van der Waals surface area contributed by atoms with Crippen LogP contribution >= 0.6 is 0 Å². The van der Waals surface area contributed by atoms with Gasteiger partial charge in [-0.15, -0.1) is 0 Å². The predicted molar refractivity (Wildman–Crippen MR) is 34.1 cm³/mol. The summed E-state index contributed by atoms with van der Waals surface area (Å²) in [6.07, 6.45) is 0. The fourth-order valence-electron chi connectivity index (χ4n) is 0.341. The van der Waals surface area contributed by atoms with Crippen molar-refractivity contribution in [3.8, 4) is 0 Å². The van der Waals surface area contributed by atoms with E-state index in [2.05, 4.69) is 9.85 Å². The molecule has 0 aromatic carbocycles. The SMILES string of the molecule is [2H]OC(=O)[C@@H](N)COCC(=O)O. The first kappa shape index (κ1) is 7.96. The Bertz CT molecular complexity index is 173. The molecule has 64 valence electrons. The summed E-state index contributed by atoms with van der Waals surface area (Å²) in [5.74, 6) is -2.11. The molecule has 0 aliphatic heterocycles.